The van der Waals surface area contributed by atoms with E-state index in [1.807, 2.05) is 30.3 Å². The van der Waals surface area contributed by atoms with Gasteiger partial charge >= 0.3 is 0 Å². The Labute approximate surface area is 110 Å². The second-order valence-corrected chi connectivity index (χ2v) is 3.91. The highest BCUT2D eigenvalue weighted by Gasteiger charge is 2.12. The summed E-state index contributed by atoms with van der Waals surface area (Å²) in [6.45, 7) is 0. The molecule has 0 aliphatic carbocycles. The van der Waals surface area contributed by atoms with E-state index >= 15 is 0 Å². The first-order valence-electron chi connectivity index (χ1n) is 5.75. The molecule has 0 unspecified atom stereocenters. The van der Waals surface area contributed by atoms with Crippen LogP contribution in [-0.4, -0.2) is 9.97 Å². The van der Waals surface area contributed by atoms with Crippen molar-refractivity contribution < 1.29 is 4.42 Å². The molecule has 4 nitrogen and oxygen atoms in total. The first-order chi connectivity index (χ1) is 9.38. The van der Waals surface area contributed by atoms with Crippen LogP contribution in [0, 0.1) is 11.3 Å². The zero-order chi connectivity index (χ0) is 13.1. The highest BCUT2D eigenvalue weighted by atomic mass is 16.3. The summed E-state index contributed by atoms with van der Waals surface area (Å²) >= 11 is 0. The molecule has 0 N–H and O–H groups in total. The number of aromatic nitrogens is 2. The zero-order valence-corrected chi connectivity index (χ0v) is 9.95. The van der Waals surface area contributed by atoms with Crippen LogP contribution in [0.25, 0.3) is 22.8 Å². The highest BCUT2D eigenvalue weighted by Crippen LogP contribution is 2.24. The molecule has 0 bridgehead atoms. The number of furan rings is 1. The lowest BCUT2D eigenvalue weighted by molar-refractivity contribution is 0.579. The monoisotopic (exact) mass is 247 g/mol. The topological polar surface area (TPSA) is 62.7 Å². The van der Waals surface area contributed by atoms with Gasteiger partial charge in [-0.15, -0.1) is 0 Å². The molecule has 90 valence electrons. The van der Waals surface area contributed by atoms with E-state index in [-0.39, 0.29) is 0 Å². The van der Waals surface area contributed by atoms with Gasteiger partial charge in [0.2, 0.25) is 0 Å². The summed E-state index contributed by atoms with van der Waals surface area (Å²) in [6, 6.07) is 15.2. The SMILES string of the molecule is N#Cc1cnc(-c2ccccc2)nc1-c1ccco1. The number of hydrogen-bond donors (Lipinski definition) is 0. The second-order valence-electron chi connectivity index (χ2n) is 3.91. The minimum Gasteiger partial charge on any atom is -0.463 e. The van der Waals surface area contributed by atoms with Gasteiger partial charge in [-0.3, -0.25) is 0 Å². The maximum atomic E-state index is 9.11. The van der Waals surface area contributed by atoms with Gasteiger partial charge in [0.05, 0.1) is 11.8 Å². The Morgan fingerprint density at radius 1 is 1.05 bits per heavy atom. The van der Waals surface area contributed by atoms with Crippen molar-refractivity contribution in [3.63, 3.8) is 0 Å². The summed E-state index contributed by atoms with van der Waals surface area (Å²) in [4.78, 5) is 8.64. The summed E-state index contributed by atoms with van der Waals surface area (Å²) in [5, 5.41) is 9.11. The van der Waals surface area contributed by atoms with E-state index in [4.69, 9.17) is 9.68 Å². The van der Waals surface area contributed by atoms with Crippen molar-refractivity contribution >= 4 is 0 Å². The lowest BCUT2D eigenvalue weighted by atomic mass is 10.1. The maximum absolute atomic E-state index is 9.11. The fourth-order valence-electron chi connectivity index (χ4n) is 1.79. The molecule has 0 amide bonds. The van der Waals surface area contributed by atoms with E-state index in [2.05, 4.69) is 16.0 Å². The quantitative estimate of drug-likeness (QED) is 0.697. The van der Waals surface area contributed by atoms with Crippen LogP contribution in [0.3, 0.4) is 0 Å². The molecule has 0 fully saturated rings. The molecule has 0 radical (unpaired) electrons. The summed E-state index contributed by atoms with van der Waals surface area (Å²) in [7, 11) is 0. The van der Waals surface area contributed by atoms with E-state index in [1.54, 1.807) is 18.4 Å². The number of hydrogen-bond acceptors (Lipinski definition) is 4. The smallest absolute Gasteiger partial charge is 0.159 e. The van der Waals surface area contributed by atoms with E-state index in [0.29, 0.717) is 22.8 Å². The second kappa shape index (κ2) is 4.75. The number of nitrogens with zero attached hydrogens (tertiary/aromatic N) is 3. The van der Waals surface area contributed by atoms with Gasteiger partial charge in [-0.1, -0.05) is 30.3 Å². The molecule has 3 aromatic rings. The van der Waals surface area contributed by atoms with E-state index in [1.165, 1.54) is 6.20 Å². The molecule has 0 aliphatic heterocycles. The van der Waals surface area contributed by atoms with Crippen LogP contribution in [0.15, 0.2) is 59.3 Å². The third kappa shape index (κ3) is 2.09. The van der Waals surface area contributed by atoms with E-state index in [9.17, 15) is 0 Å². The minimum absolute atomic E-state index is 0.398. The van der Waals surface area contributed by atoms with Gasteiger partial charge in [0.1, 0.15) is 11.8 Å². The highest BCUT2D eigenvalue weighted by molar-refractivity contribution is 5.65. The Morgan fingerprint density at radius 3 is 2.58 bits per heavy atom. The van der Waals surface area contributed by atoms with Crippen LogP contribution < -0.4 is 0 Å². The Morgan fingerprint density at radius 2 is 1.89 bits per heavy atom. The van der Waals surface area contributed by atoms with Crippen molar-refractivity contribution in [1.82, 2.24) is 9.97 Å². The fourth-order valence-corrected chi connectivity index (χ4v) is 1.79. The lowest BCUT2D eigenvalue weighted by Crippen LogP contribution is -1.95. The Balaban J connectivity index is 2.16. The van der Waals surface area contributed by atoms with Crippen LogP contribution >= 0.6 is 0 Å². The molecule has 0 spiro atoms. The molecule has 0 saturated carbocycles. The first kappa shape index (κ1) is 11.2. The predicted molar refractivity (Wildman–Crippen MR) is 69.9 cm³/mol. The largest absolute Gasteiger partial charge is 0.463 e. The standard InChI is InChI=1S/C15H9N3O/c16-9-12-10-17-15(11-5-2-1-3-6-11)18-14(12)13-7-4-8-19-13/h1-8,10H. The molecule has 0 saturated heterocycles. The van der Waals surface area contributed by atoms with Crippen LogP contribution in [0.2, 0.25) is 0 Å². The predicted octanol–water partition coefficient (Wildman–Crippen LogP) is 3.28. The van der Waals surface area contributed by atoms with Crippen LogP contribution in [-0.2, 0) is 0 Å². The number of rotatable bonds is 2. The van der Waals surface area contributed by atoms with Crippen molar-refractivity contribution in [3.05, 3.63) is 60.5 Å². The summed E-state index contributed by atoms with van der Waals surface area (Å²) in [6.07, 6.45) is 3.08. The summed E-state index contributed by atoms with van der Waals surface area (Å²) in [5.74, 6) is 1.14. The Kier molecular flexibility index (Phi) is 2.79. The average Bonchev–Trinajstić information content (AvgIpc) is 3.01. The Hall–Kier alpha value is -2.93. The number of nitriles is 1. The normalized spacial score (nSPS) is 10.1. The van der Waals surface area contributed by atoms with Crippen LogP contribution in [0.4, 0.5) is 0 Å². The molecule has 4 heteroatoms. The third-order valence-corrected chi connectivity index (χ3v) is 2.70. The van der Waals surface area contributed by atoms with Gasteiger partial charge < -0.3 is 4.42 Å². The molecular formula is C15H9N3O. The molecule has 0 atom stereocenters. The van der Waals surface area contributed by atoms with Gasteiger partial charge in [-0.05, 0) is 12.1 Å². The summed E-state index contributed by atoms with van der Waals surface area (Å²) < 4.78 is 5.31. The van der Waals surface area contributed by atoms with Gasteiger partial charge in [0.25, 0.3) is 0 Å². The van der Waals surface area contributed by atoms with Crippen molar-refractivity contribution in [2.24, 2.45) is 0 Å². The lowest BCUT2D eigenvalue weighted by Gasteiger charge is -2.03. The molecule has 1 aromatic carbocycles. The van der Waals surface area contributed by atoms with E-state index in [0.717, 1.165) is 5.56 Å². The molecular weight excluding hydrogens is 238 g/mol. The van der Waals surface area contributed by atoms with Gasteiger partial charge in [0, 0.05) is 11.8 Å². The van der Waals surface area contributed by atoms with Crippen molar-refractivity contribution in [3.8, 4) is 28.9 Å². The van der Waals surface area contributed by atoms with Crippen LogP contribution in [0.1, 0.15) is 5.56 Å². The van der Waals surface area contributed by atoms with Crippen molar-refractivity contribution in [2.75, 3.05) is 0 Å². The third-order valence-electron chi connectivity index (χ3n) is 2.70. The van der Waals surface area contributed by atoms with E-state index < -0.39 is 0 Å². The van der Waals surface area contributed by atoms with Gasteiger partial charge in [0.15, 0.2) is 11.6 Å². The maximum Gasteiger partial charge on any atom is 0.159 e. The molecule has 2 heterocycles. The number of benzene rings is 1. The molecule has 0 aliphatic rings. The van der Waals surface area contributed by atoms with Crippen molar-refractivity contribution in [1.29, 1.82) is 5.26 Å². The zero-order valence-electron chi connectivity index (χ0n) is 9.95. The Bertz CT molecular complexity index is 728. The average molecular weight is 247 g/mol. The fraction of sp³-hybridized carbons (Fsp3) is 0. The van der Waals surface area contributed by atoms with Gasteiger partial charge in [-0.25, -0.2) is 9.97 Å². The summed E-state index contributed by atoms with van der Waals surface area (Å²) in [5.41, 5.74) is 1.82. The van der Waals surface area contributed by atoms with Crippen LogP contribution in [0.5, 0.6) is 0 Å². The molecule has 19 heavy (non-hydrogen) atoms. The molecule has 2 aromatic heterocycles. The molecule has 3 rings (SSSR count). The minimum atomic E-state index is 0.398. The van der Waals surface area contributed by atoms with Crippen molar-refractivity contribution in [2.45, 2.75) is 0 Å². The van der Waals surface area contributed by atoms with Gasteiger partial charge in [-0.2, -0.15) is 5.26 Å². The first-order valence-corrected chi connectivity index (χ1v) is 5.75.